The van der Waals surface area contributed by atoms with Gasteiger partial charge in [0.15, 0.2) is 6.61 Å². The molecule has 6 nitrogen and oxygen atoms in total. The van der Waals surface area contributed by atoms with Crippen LogP contribution in [-0.4, -0.2) is 31.6 Å². The summed E-state index contributed by atoms with van der Waals surface area (Å²) < 4.78 is 23.2. The van der Waals surface area contributed by atoms with E-state index >= 15 is 0 Å². The van der Waals surface area contributed by atoms with E-state index in [1.807, 2.05) is 0 Å². The third-order valence-electron chi connectivity index (χ3n) is 4.89. The Kier molecular flexibility index (Phi) is 6.08. The second-order valence-corrected chi connectivity index (χ2v) is 7.49. The molecule has 1 aliphatic carbocycles. The standard InChI is InChI=1S/C20H20FNO5S/c1-26-18(24)17-15(8-11-28-17)22-16(23)12-27-19(25)20(9-2-3-10-20)13-4-6-14(21)7-5-13/h4-8,11H,2-3,9-10,12H2,1H3,(H,22,23). The number of hydrogen-bond acceptors (Lipinski definition) is 6. The highest BCUT2D eigenvalue weighted by molar-refractivity contribution is 7.12. The van der Waals surface area contributed by atoms with Gasteiger partial charge in [0.25, 0.3) is 5.91 Å². The van der Waals surface area contributed by atoms with Crippen LogP contribution in [0.1, 0.15) is 40.9 Å². The van der Waals surface area contributed by atoms with Gasteiger partial charge < -0.3 is 14.8 Å². The number of ether oxygens (including phenoxy) is 2. The SMILES string of the molecule is COC(=O)c1sccc1NC(=O)COC(=O)C1(c2ccc(F)cc2)CCCC1. The molecule has 1 saturated carbocycles. The van der Waals surface area contributed by atoms with Gasteiger partial charge in [-0.25, -0.2) is 9.18 Å². The van der Waals surface area contributed by atoms with Crippen LogP contribution in [0, 0.1) is 5.82 Å². The molecule has 0 spiro atoms. The number of carbonyl (C=O) groups excluding carboxylic acids is 3. The first-order valence-electron chi connectivity index (χ1n) is 8.85. The molecule has 0 radical (unpaired) electrons. The first-order valence-corrected chi connectivity index (χ1v) is 9.73. The van der Waals surface area contributed by atoms with Crippen LogP contribution < -0.4 is 5.32 Å². The monoisotopic (exact) mass is 405 g/mol. The minimum atomic E-state index is -0.854. The molecule has 3 rings (SSSR count). The third kappa shape index (κ3) is 4.06. The molecule has 1 aromatic carbocycles. The predicted octanol–water partition coefficient (Wildman–Crippen LogP) is 3.67. The average molecular weight is 405 g/mol. The van der Waals surface area contributed by atoms with Crippen molar-refractivity contribution in [1.82, 2.24) is 0 Å². The van der Waals surface area contributed by atoms with Crippen LogP contribution in [0.15, 0.2) is 35.7 Å². The summed E-state index contributed by atoms with van der Waals surface area (Å²) in [5, 5.41) is 4.20. The fourth-order valence-corrected chi connectivity index (χ4v) is 4.24. The van der Waals surface area contributed by atoms with E-state index in [-0.39, 0.29) is 10.7 Å². The van der Waals surface area contributed by atoms with Gasteiger partial charge in [0, 0.05) is 0 Å². The Morgan fingerprint density at radius 2 is 1.82 bits per heavy atom. The molecular weight excluding hydrogens is 385 g/mol. The lowest BCUT2D eigenvalue weighted by atomic mass is 9.79. The van der Waals surface area contributed by atoms with Crippen LogP contribution in [0.3, 0.4) is 0 Å². The van der Waals surface area contributed by atoms with Gasteiger partial charge in [-0.1, -0.05) is 25.0 Å². The number of anilines is 1. The van der Waals surface area contributed by atoms with Gasteiger partial charge in [-0.15, -0.1) is 11.3 Å². The Labute approximate surface area is 165 Å². The minimum absolute atomic E-state index is 0.265. The molecule has 0 atom stereocenters. The summed E-state index contributed by atoms with van der Waals surface area (Å²) in [6.07, 6.45) is 2.90. The molecule has 0 saturated heterocycles. The van der Waals surface area contributed by atoms with Crippen molar-refractivity contribution in [2.45, 2.75) is 31.1 Å². The van der Waals surface area contributed by atoms with Crippen LogP contribution in [0.2, 0.25) is 0 Å². The van der Waals surface area contributed by atoms with Gasteiger partial charge in [0.2, 0.25) is 0 Å². The van der Waals surface area contributed by atoms with Crippen LogP contribution in [0.25, 0.3) is 0 Å². The number of amides is 1. The smallest absolute Gasteiger partial charge is 0.350 e. The number of halogens is 1. The first kappa shape index (κ1) is 20.0. The summed E-state index contributed by atoms with van der Waals surface area (Å²) in [5.41, 5.74) is 0.155. The number of hydrogen-bond donors (Lipinski definition) is 1. The van der Waals surface area contributed by atoms with Crippen molar-refractivity contribution in [3.63, 3.8) is 0 Å². The van der Waals surface area contributed by atoms with E-state index in [4.69, 9.17) is 4.74 Å². The van der Waals surface area contributed by atoms with Gasteiger partial charge in [-0.3, -0.25) is 9.59 Å². The lowest BCUT2D eigenvalue weighted by molar-refractivity contribution is -0.153. The molecule has 1 aromatic heterocycles. The molecule has 8 heteroatoms. The summed E-state index contributed by atoms with van der Waals surface area (Å²) in [7, 11) is 1.26. The van der Waals surface area contributed by atoms with E-state index in [9.17, 15) is 18.8 Å². The number of nitrogens with one attached hydrogen (secondary N) is 1. The Hall–Kier alpha value is -2.74. The third-order valence-corrected chi connectivity index (χ3v) is 5.78. The summed E-state index contributed by atoms with van der Waals surface area (Å²) in [6.45, 7) is -0.474. The summed E-state index contributed by atoms with van der Waals surface area (Å²) in [5.74, 6) is -1.97. The molecule has 0 unspecified atom stereocenters. The highest BCUT2D eigenvalue weighted by Gasteiger charge is 2.44. The van der Waals surface area contributed by atoms with Crippen LogP contribution in [0.5, 0.6) is 0 Å². The maximum absolute atomic E-state index is 13.2. The van der Waals surface area contributed by atoms with Gasteiger partial charge in [-0.05, 0) is 42.0 Å². The fraction of sp³-hybridized carbons (Fsp3) is 0.350. The van der Waals surface area contributed by atoms with Crippen molar-refractivity contribution < 1.29 is 28.2 Å². The quantitative estimate of drug-likeness (QED) is 0.742. The van der Waals surface area contributed by atoms with E-state index in [1.54, 1.807) is 23.6 Å². The van der Waals surface area contributed by atoms with Crippen molar-refractivity contribution in [3.8, 4) is 0 Å². The fourth-order valence-electron chi connectivity index (χ4n) is 3.47. The maximum atomic E-state index is 13.2. The number of thiophene rings is 1. The van der Waals surface area contributed by atoms with E-state index in [1.165, 1.54) is 19.2 Å². The molecule has 1 amide bonds. The Balaban J connectivity index is 1.65. The van der Waals surface area contributed by atoms with Crippen molar-refractivity contribution >= 4 is 34.9 Å². The van der Waals surface area contributed by atoms with E-state index in [0.29, 0.717) is 24.1 Å². The van der Waals surface area contributed by atoms with Crippen molar-refractivity contribution in [2.24, 2.45) is 0 Å². The van der Waals surface area contributed by atoms with Crippen LogP contribution in [-0.2, 0) is 24.5 Å². The molecule has 148 valence electrons. The molecule has 1 heterocycles. The zero-order valence-electron chi connectivity index (χ0n) is 15.3. The number of methoxy groups -OCH3 is 1. The lowest BCUT2D eigenvalue weighted by Gasteiger charge is -2.27. The Morgan fingerprint density at radius 3 is 2.46 bits per heavy atom. The normalized spacial score (nSPS) is 15.1. The van der Waals surface area contributed by atoms with Crippen molar-refractivity contribution in [1.29, 1.82) is 0 Å². The van der Waals surface area contributed by atoms with E-state index < -0.39 is 29.9 Å². The Bertz CT molecular complexity index is 871. The van der Waals surface area contributed by atoms with Gasteiger partial charge in [0.05, 0.1) is 18.2 Å². The molecule has 1 fully saturated rings. The summed E-state index contributed by atoms with van der Waals surface area (Å²) >= 11 is 1.14. The molecule has 28 heavy (non-hydrogen) atoms. The highest BCUT2D eigenvalue weighted by atomic mass is 32.1. The van der Waals surface area contributed by atoms with E-state index in [2.05, 4.69) is 10.1 Å². The molecule has 0 bridgehead atoms. The van der Waals surface area contributed by atoms with Crippen LogP contribution >= 0.6 is 11.3 Å². The molecule has 1 aliphatic rings. The summed E-state index contributed by atoms with van der Waals surface area (Å²) in [4.78, 5) is 36.9. The van der Waals surface area contributed by atoms with Gasteiger partial charge in [-0.2, -0.15) is 0 Å². The minimum Gasteiger partial charge on any atom is -0.465 e. The summed E-state index contributed by atoms with van der Waals surface area (Å²) in [6, 6.07) is 7.40. The lowest BCUT2D eigenvalue weighted by Crippen LogP contribution is -2.36. The van der Waals surface area contributed by atoms with Gasteiger partial charge in [0.1, 0.15) is 10.7 Å². The average Bonchev–Trinajstić information content (AvgIpc) is 3.36. The zero-order chi connectivity index (χ0) is 20.1. The topological polar surface area (TPSA) is 81.7 Å². The number of benzene rings is 1. The molecule has 2 aromatic rings. The number of esters is 2. The zero-order valence-corrected chi connectivity index (χ0v) is 16.1. The largest absolute Gasteiger partial charge is 0.465 e. The number of carbonyl (C=O) groups is 3. The van der Waals surface area contributed by atoms with Gasteiger partial charge >= 0.3 is 11.9 Å². The molecular formula is C20H20FNO5S. The highest BCUT2D eigenvalue weighted by Crippen LogP contribution is 2.42. The molecule has 0 aliphatic heterocycles. The first-order chi connectivity index (χ1) is 13.5. The maximum Gasteiger partial charge on any atom is 0.350 e. The van der Waals surface area contributed by atoms with E-state index in [0.717, 1.165) is 24.2 Å². The second-order valence-electron chi connectivity index (χ2n) is 6.58. The number of rotatable bonds is 6. The molecule has 1 N–H and O–H groups in total. The van der Waals surface area contributed by atoms with Crippen LogP contribution in [0.4, 0.5) is 10.1 Å². The predicted molar refractivity (Wildman–Crippen MR) is 102 cm³/mol. The second kappa shape index (κ2) is 8.52. The Morgan fingerprint density at radius 1 is 1.14 bits per heavy atom. The van der Waals surface area contributed by atoms with Crippen molar-refractivity contribution in [2.75, 3.05) is 19.0 Å². The van der Waals surface area contributed by atoms with Crippen molar-refractivity contribution in [3.05, 3.63) is 52.0 Å².